The number of nitrogens with one attached hydrogen (secondary N) is 1. The zero-order valence-corrected chi connectivity index (χ0v) is 17.2. The first kappa shape index (κ1) is 21.1. The molecule has 1 N–H and O–H groups in total. The minimum Gasteiger partial charge on any atom is -0.488 e. The van der Waals surface area contributed by atoms with E-state index in [1.807, 2.05) is 78.9 Å². The van der Waals surface area contributed by atoms with E-state index in [1.54, 1.807) is 6.21 Å². The topological polar surface area (TPSA) is 59.9 Å². The number of carbonyl (C=O) groups excluding carboxylic acids is 1. The number of hydrogen-bond acceptors (Lipinski definition) is 4. The standard InChI is InChI=1S/C25H26N2O3/c1-19(2)22-13-7-9-15-24(22)30-18-25(28)27-26-16-21-12-6-8-14-23(21)29-17-20-10-4-3-5-11-20/h3-16,19H,17-18H2,1-2H3,(H,27,28)/b26-16+. The van der Waals surface area contributed by atoms with Crippen LogP contribution in [-0.2, 0) is 11.4 Å². The molecule has 0 saturated heterocycles. The van der Waals surface area contributed by atoms with Gasteiger partial charge in [-0.05, 0) is 35.2 Å². The van der Waals surface area contributed by atoms with E-state index in [0.717, 1.165) is 16.7 Å². The van der Waals surface area contributed by atoms with Crippen LogP contribution >= 0.6 is 0 Å². The van der Waals surface area contributed by atoms with Crippen LogP contribution in [-0.4, -0.2) is 18.7 Å². The van der Waals surface area contributed by atoms with Crippen LogP contribution in [0.15, 0.2) is 84.0 Å². The molecule has 0 aliphatic heterocycles. The number of hydrogen-bond donors (Lipinski definition) is 1. The second-order valence-corrected chi connectivity index (χ2v) is 7.09. The monoisotopic (exact) mass is 402 g/mol. The van der Waals surface area contributed by atoms with E-state index in [1.165, 1.54) is 0 Å². The summed E-state index contributed by atoms with van der Waals surface area (Å²) in [7, 11) is 0. The molecule has 0 unspecified atom stereocenters. The van der Waals surface area contributed by atoms with Crippen LogP contribution in [0.2, 0.25) is 0 Å². The summed E-state index contributed by atoms with van der Waals surface area (Å²) in [6, 6.07) is 25.2. The van der Waals surface area contributed by atoms with E-state index >= 15 is 0 Å². The maximum Gasteiger partial charge on any atom is 0.277 e. The molecule has 0 radical (unpaired) electrons. The Kier molecular flexibility index (Phi) is 7.61. The number of ether oxygens (including phenoxy) is 2. The molecular formula is C25H26N2O3. The molecule has 0 atom stereocenters. The van der Waals surface area contributed by atoms with Gasteiger partial charge in [-0.25, -0.2) is 5.43 Å². The molecule has 0 bridgehead atoms. The Bertz CT molecular complexity index is 984. The third kappa shape index (κ3) is 6.21. The number of rotatable bonds is 9. The molecule has 3 aromatic carbocycles. The van der Waals surface area contributed by atoms with E-state index in [9.17, 15) is 4.79 Å². The highest BCUT2D eigenvalue weighted by Gasteiger charge is 2.09. The molecule has 0 heterocycles. The fraction of sp³-hybridized carbons (Fsp3) is 0.200. The van der Waals surface area contributed by atoms with Gasteiger partial charge in [0, 0.05) is 5.56 Å². The average Bonchev–Trinajstić information content (AvgIpc) is 2.78. The summed E-state index contributed by atoms with van der Waals surface area (Å²) >= 11 is 0. The molecule has 3 rings (SSSR count). The second kappa shape index (κ2) is 10.8. The van der Waals surface area contributed by atoms with Crippen molar-refractivity contribution in [2.75, 3.05) is 6.61 Å². The Morgan fingerprint density at radius 1 is 0.900 bits per heavy atom. The lowest BCUT2D eigenvalue weighted by atomic mass is 10.0. The first-order chi connectivity index (χ1) is 14.6. The molecular weight excluding hydrogens is 376 g/mol. The van der Waals surface area contributed by atoms with Crippen LogP contribution in [0.25, 0.3) is 0 Å². The highest BCUT2D eigenvalue weighted by molar-refractivity contribution is 5.85. The molecule has 30 heavy (non-hydrogen) atoms. The van der Waals surface area contributed by atoms with Crippen LogP contribution in [0.1, 0.15) is 36.5 Å². The molecule has 0 spiro atoms. The number of carbonyl (C=O) groups is 1. The molecule has 0 aliphatic carbocycles. The van der Waals surface area contributed by atoms with Crippen LogP contribution in [0, 0.1) is 0 Å². The highest BCUT2D eigenvalue weighted by Crippen LogP contribution is 2.25. The van der Waals surface area contributed by atoms with Crippen molar-refractivity contribution in [3.05, 3.63) is 95.6 Å². The van der Waals surface area contributed by atoms with Gasteiger partial charge >= 0.3 is 0 Å². The lowest BCUT2D eigenvalue weighted by molar-refractivity contribution is -0.123. The highest BCUT2D eigenvalue weighted by atomic mass is 16.5. The molecule has 0 aliphatic rings. The number of benzene rings is 3. The minimum absolute atomic E-state index is 0.104. The van der Waals surface area contributed by atoms with Crippen molar-refractivity contribution in [1.29, 1.82) is 0 Å². The molecule has 0 aromatic heterocycles. The van der Waals surface area contributed by atoms with E-state index in [-0.39, 0.29) is 12.5 Å². The maximum absolute atomic E-state index is 12.1. The predicted octanol–water partition coefficient (Wildman–Crippen LogP) is 4.92. The van der Waals surface area contributed by atoms with Crippen LogP contribution < -0.4 is 14.9 Å². The molecule has 1 amide bonds. The van der Waals surface area contributed by atoms with Gasteiger partial charge in [-0.2, -0.15) is 5.10 Å². The first-order valence-electron chi connectivity index (χ1n) is 9.93. The lowest BCUT2D eigenvalue weighted by Crippen LogP contribution is -2.25. The maximum atomic E-state index is 12.1. The molecule has 0 fully saturated rings. The predicted molar refractivity (Wildman–Crippen MR) is 119 cm³/mol. The minimum atomic E-state index is -0.326. The van der Waals surface area contributed by atoms with Gasteiger partial charge < -0.3 is 9.47 Å². The second-order valence-electron chi connectivity index (χ2n) is 7.09. The SMILES string of the molecule is CC(C)c1ccccc1OCC(=O)N/N=C/c1ccccc1OCc1ccccc1. The Labute approximate surface area is 177 Å². The van der Waals surface area contributed by atoms with Gasteiger partial charge in [0.25, 0.3) is 5.91 Å². The van der Waals surface area contributed by atoms with Crippen LogP contribution in [0.4, 0.5) is 0 Å². The number of hydrazone groups is 1. The Morgan fingerprint density at radius 3 is 2.33 bits per heavy atom. The summed E-state index contributed by atoms with van der Waals surface area (Å²) in [5.74, 6) is 1.40. The quantitative estimate of drug-likeness (QED) is 0.408. The number of amides is 1. The van der Waals surface area contributed by atoms with E-state index in [4.69, 9.17) is 9.47 Å². The summed E-state index contributed by atoms with van der Waals surface area (Å²) in [5.41, 5.74) is 5.43. The van der Waals surface area contributed by atoms with E-state index < -0.39 is 0 Å². The van der Waals surface area contributed by atoms with Crippen molar-refractivity contribution in [2.45, 2.75) is 26.4 Å². The van der Waals surface area contributed by atoms with E-state index in [0.29, 0.717) is 24.0 Å². The fourth-order valence-corrected chi connectivity index (χ4v) is 2.89. The van der Waals surface area contributed by atoms with Crippen molar-refractivity contribution in [3.8, 4) is 11.5 Å². The molecule has 3 aromatic rings. The number of nitrogens with zero attached hydrogens (tertiary/aromatic N) is 1. The van der Waals surface area contributed by atoms with Crippen LogP contribution in [0.5, 0.6) is 11.5 Å². The molecule has 5 nitrogen and oxygen atoms in total. The summed E-state index contributed by atoms with van der Waals surface area (Å²) in [4.78, 5) is 12.1. The average molecular weight is 402 g/mol. The van der Waals surface area contributed by atoms with Gasteiger partial charge in [0.15, 0.2) is 6.61 Å². The van der Waals surface area contributed by atoms with Crippen molar-refractivity contribution in [1.82, 2.24) is 5.43 Å². The molecule has 0 saturated carbocycles. The van der Waals surface area contributed by atoms with E-state index in [2.05, 4.69) is 24.4 Å². The zero-order valence-electron chi connectivity index (χ0n) is 17.2. The fourth-order valence-electron chi connectivity index (χ4n) is 2.89. The summed E-state index contributed by atoms with van der Waals surface area (Å²) < 4.78 is 11.6. The lowest BCUT2D eigenvalue weighted by Gasteiger charge is -2.13. The summed E-state index contributed by atoms with van der Waals surface area (Å²) in [5, 5.41) is 4.04. The number of para-hydroxylation sites is 2. The smallest absolute Gasteiger partial charge is 0.277 e. The molecule has 154 valence electrons. The molecule has 5 heteroatoms. The first-order valence-corrected chi connectivity index (χ1v) is 9.93. The van der Waals surface area contributed by atoms with Gasteiger partial charge in [0.05, 0.1) is 6.21 Å². The van der Waals surface area contributed by atoms with Gasteiger partial charge in [-0.3, -0.25) is 4.79 Å². The third-order valence-corrected chi connectivity index (χ3v) is 4.45. The summed E-state index contributed by atoms with van der Waals surface area (Å²) in [6.45, 7) is 4.53. The van der Waals surface area contributed by atoms with Gasteiger partial charge in [-0.1, -0.05) is 74.5 Å². The van der Waals surface area contributed by atoms with Crippen LogP contribution in [0.3, 0.4) is 0 Å². The normalized spacial score (nSPS) is 10.9. The zero-order chi connectivity index (χ0) is 21.2. The van der Waals surface area contributed by atoms with Crippen molar-refractivity contribution >= 4 is 12.1 Å². The van der Waals surface area contributed by atoms with Gasteiger partial charge in [0.1, 0.15) is 18.1 Å². The Balaban J connectivity index is 1.53. The Hall–Kier alpha value is -3.60. The van der Waals surface area contributed by atoms with Gasteiger partial charge in [-0.15, -0.1) is 0 Å². The third-order valence-electron chi connectivity index (χ3n) is 4.45. The van der Waals surface area contributed by atoms with Crippen molar-refractivity contribution < 1.29 is 14.3 Å². The Morgan fingerprint density at radius 2 is 1.57 bits per heavy atom. The van der Waals surface area contributed by atoms with Crippen molar-refractivity contribution in [3.63, 3.8) is 0 Å². The summed E-state index contributed by atoms with van der Waals surface area (Å²) in [6.07, 6.45) is 1.57. The van der Waals surface area contributed by atoms with Gasteiger partial charge in [0.2, 0.25) is 0 Å². The largest absolute Gasteiger partial charge is 0.488 e. The van der Waals surface area contributed by atoms with Crippen molar-refractivity contribution in [2.24, 2.45) is 5.10 Å².